The Hall–Kier alpha value is -2.50. The summed E-state index contributed by atoms with van der Waals surface area (Å²) in [6.45, 7) is 0.729. The van der Waals surface area contributed by atoms with Crippen molar-refractivity contribution < 1.29 is 39.1 Å². The van der Waals surface area contributed by atoms with Crippen LogP contribution in [0.3, 0.4) is 0 Å². The minimum absolute atomic E-state index is 0.0876. The molecule has 1 aromatic rings. The Labute approximate surface area is 193 Å². The second-order valence-corrected chi connectivity index (χ2v) is 8.12. The first-order chi connectivity index (χ1) is 15.9. The van der Waals surface area contributed by atoms with Crippen LogP contribution < -0.4 is 15.2 Å². The summed E-state index contributed by atoms with van der Waals surface area (Å²) in [4.78, 5) is 28.8. The molecule has 184 valence electrons. The summed E-state index contributed by atoms with van der Waals surface area (Å²) >= 11 is 0. The fourth-order valence-electron chi connectivity index (χ4n) is 3.83. The molecule has 4 N–H and O–H groups in total. The van der Waals surface area contributed by atoms with Gasteiger partial charge in [-0.05, 0) is 61.4 Å². The number of nitrogens with two attached hydrogens (primary N) is 1. The third kappa shape index (κ3) is 9.48. The molecule has 1 aliphatic carbocycles. The number of carbonyl (C=O) groups is 2. The molecule has 0 saturated heterocycles. The first-order valence-electron chi connectivity index (χ1n) is 11.1. The first kappa shape index (κ1) is 26.7. The molecule has 33 heavy (non-hydrogen) atoms. The van der Waals surface area contributed by atoms with E-state index in [2.05, 4.69) is 4.84 Å². The molecule has 0 aliphatic heterocycles. The van der Waals surface area contributed by atoms with E-state index in [4.69, 9.17) is 30.4 Å². The standard InChI is InChI=1S/C23H34N2O8/c1-30-20-15-18(8-10-21(26)31-13-5-6-14-32-25(28)29)7-9-19(20)33-22(27)16-23(17-24)11-3-2-4-12-23/h7-10,15,28-29H,2-6,11-14,16-17,24H2,1H3/b10-8+. The molecular weight excluding hydrogens is 432 g/mol. The van der Waals surface area contributed by atoms with Gasteiger partial charge in [0.1, 0.15) is 0 Å². The highest BCUT2D eigenvalue weighted by Gasteiger charge is 2.34. The predicted octanol–water partition coefficient (Wildman–Crippen LogP) is 3.25. The third-order valence-electron chi connectivity index (χ3n) is 5.68. The van der Waals surface area contributed by atoms with E-state index in [1.54, 1.807) is 24.3 Å². The molecule has 0 amide bonds. The molecule has 1 fully saturated rings. The van der Waals surface area contributed by atoms with Gasteiger partial charge in [-0.15, -0.1) is 0 Å². The fraction of sp³-hybridized carbons (Fsp3) is 0.565. The van der Waals surface area contributed by atoms with Gasteiger partial charge in [-0.3, -0.25) is 20.0 Å². The van der Waals surface area contributed by atoms with Crippen molar-refractivity contribution in [3.05, 3.63) is 29.8 Å². The number of ether oxygens (including phenoxy) is 3. The summed E-state index contributed by atoms with van der Waals surface area (Å²) < 4.78 is 16.0. The average Bonchev–Trinajstić information content (AvgIpc) is 2.80. The van der Waals surface area contributed by atoms with Crippen LogP contribution in [0, 0.1) is 5.41 Å². The number of unbranched alkanes of at least 4 members (excludes halogenated alkanes) is 1. The smallest absolute Gasteiger partial charge is 0.330 e. The molecule has 1 aromatic carbocycles. The highest BCUT2D eigenvalue weighted by atomic mass is 17.1. The monoisotopic (exact) mass is 466 g/mol. The molecule has 0 atom stereocenters. The lowest BCUT2D eigenvalue weighted by Crippen LogP contribution is -2.36. The molecule has 10 heteroatoms. The van der Waals surface area contributed by atoms with E-state index >= 15 is 0 Å². The van der Waals surface area contributed by atoms with Crippen LogP contribution in [0.4, 0.5) is 0 Å². The van der Waals surface area contributed by atoms with Gasteiger partial charge in [0.15, 0.2) is 11.5 Å². The average molecular weight is 467 g/mol. The fourth-order valence-corrected chi connectivity index (χ4v) is 3.83. The van der Waals surface area contributed by atoms with Crippen molar-refractivity contribution in [2.45, 2.75) is 51.4 Å². The van der Waals surface area contributed by atoms with Gasteiger partial charge in [-0.25, -0.2) is 4.79 Å². The topological polar surface area (TPSA) is 141 Å². The number of methoxy groups -OCH3 is 1. The van der Waals surface area contributed by atoms with Crippen LogP contribution in [-0.2, 0) is 19.2 Å². The van der Waals surface area contributed by atoms with Gasteiger partial charge in [0, 0.05) is 6.08 Å². The third-order valence-corrected chi connectivity index (χ3v) is 5.68. The van der Waals surface area contributed by atoms with Gasteiger partial charge in [-0.2, -0.15) is 0 Å². The minimum Gasteiger partial charge on any atom is -0.493 e. The van der Waals surface area contributed by atoms with Crippen molar-refractivity contribution in [1.29, 1.82) is 0 Å². The van der Waals surface area contributed by atoms with Gasteiger partial charge in [0.05, 0.1) is 32.1 Å². The number of hydrogen-bond donors (Lipinski definition) is 3. The van der Waals surface area contributed by atoms with Crippen molar-refractivity contribution in [3.63, 3.8) is 0 Å². The minimum atomic E-state index is -0.518. The molecule has 0 aromatic heterocycles. The number of hydrogen-bond acceptors (Lipinski definition) is 10. The highest BCUT2D eigenvalue weighted by Crippen LogP contribution is 2.39. The van der Waals surface area contributed by atoms with Crippen LogP contribution in [0.15, 0.2) is 24.3 Å². The number of rotatable bonds is 13. The zero-order chi connectivity index (χ0) is 24.1. The van der Waals surface area contributed by atoms with Crippen LogP contribution in [0.1, 0.15) is 56.9 Å². The van der Waals surface area contributed by atoms with E-state index in [9.17, 15) is 9.59 Å². The Balaban J connectivity index is 1.85. The van der Waals surface area contributed by atoms with Crippen LogP contribution in [-0.4, -0.2) is 54.6 Å². The van der Waals surface area contributed by atoms with Crippen molar-refractivity contribution in [1.82, 2.24) is 5.39 Å². The summed E-state index contributed by atoms with van der Waals surface area (Å²) in [6, 6.07) is 5.00. The van der Waals surface area contributed by atoms with Gasteiger partial charge < -0.3 is 19.9 Å². The van der Waals surface area contributed by atoms with Gasteiger partial charge in [0.2, 0.25) is 0 Å². The lowest BCUT2D eigenvalue weighted by molar-refractivity contribution is -0.492. The lowest BCUT2D eigenvalue weighted by atomic mass is 9.72. The number of benzene rings is 1. The Kier molecular flexibility index (Phi) is 11.3. The van der Waals surface area contributed by atoms with Crippen LogP contribution in [0.5, 0.6) is 11.5 Å². The molecule has 0 unspecified atom stereocenters. The van der Waals surface area contributed by atoms with E-state index in [0.29, 0.717) is 36.4 Å². The highest BCUT2D eigenvalue weighted by molar-refractivity contribution is 5.87. The summed E-state index contributed by atoms with van der Waals surface area (Å²) in [5, 5.41) is 16.4. The van der Waals surface area contributed by atoms with Crippen molar-refractivity contribution in [3.8, 4) is 11.5 Å². The summed E-state index contributed by atoms with van der Waals surface area (Å²) in [7, 11) is 1.48. The molecule has 0 heterocycles. The zero-order valence-corrected chi connectivity index (χ0v) is 19.0. The van der Waals surface area contributed by atoms with E-state index in [1.807, 2.05) is 0 Å². The SMILES string of the molecule is COc1cc(/C=C/C(=O)OCCCCON(O)O)ccc1OC(=O)CC1(CN)CCCCC1. The van der Waals surface area contributed by atoms with Crippen molar-refractivity contribution >= 4 is 18.0 Å². The molecule has 1 saturated carbocycles. The van der Waals surface area contributed by atoms with E-state index in [0.717, 1.165) is 25.7 Å². The summed E-state index contributed by atoms with van der Waals surface area (Å²) in [6.07, 6.45) is 9.34. The lowest BCUT2D eigenvalue weighted by Gasteiger charge is -2.35. The molecule has 10 nitrogen and oxygen atoms in total. The second kappa shape index (κ2) is 13.9. The quantitative estimate of drug-likeness (QED) is 0.130. The van der Waals surface area contributed by atoms with E-state index < -0.39 is 5.97 Å². The van der Waals surface area contributed by atoms with E-state index in [1.165, 1.54) is 19.6 Å². The van der Waals surface area contributed by atoms with Crippen LogP contribution in [0.2, 0.25) is 0 Å². The largest absolute Gasteiger partial charge is 0.493 e. The number of nitrogens with zero attached hydrogens (tertiary/aromatic N) is 1. The number of carbonyl (C=O) groups excluding carboxylic acids is 2. The van der Waals surface area contributed by atoms with Crippen molar-refractivity contribution in [2.24, 2.45) is 11.1 Å². The molecular formula is C23H34N2O8. The molecule has 1 aliphatic rings. The number of esters is 2. The predicted molar refractivity (Wildman–Crippen MR) is 118 cm³/mol. The maximum Gasteiger partial charge on any atom is 0.330 e. The molecule has 0 spiro atoms. The maximum absolute atomic E-state index is 12.6. The zero-order valence-electron chi connectivity index (χ0n) is 19.0. The van der Waals surface area contributed by atoms with Gasteiger partial charge >= 0.3 is 11.9 Å². The Morgan fingerprint density at radius 2 is 1.85 bits per heavy atom. The molecule has 2 rings (SSSR count). The Bertz CT molecular complexity index is 791. The second-order valence-electron chi connectivity index (χ2n) is 8.12. The van der Waals surface area contributed by atoms with Crippen molar-refractivity contribution in [2.75, 3.05) is 26.9 Å². The first-order valence-corrected chi connectivity index (χ1v) is 11.1. The van der Waals surface area contributed by atoms with Gasteiger partial charge in [-0.1, -0.05) is 25.3 Å². The van der Waals surface area contributed by atoms with Crippen LogP contribution >= 0.6 is 0 Å². The van der Waals surface area contributed by atoms with E-state index in [-0.39, 0.29) is 36.4 Å². The molecule has 0 bridgehead atoms. The Morgan fingerprint density at radius 1 is 1.12 bits per heavy atom. The summed E-state index contributed by atoms with van der Waals surface area (Å²) in [5.74, 6) is -0.151. The normalized spacial score (nSPS) is 15.5. The summed E-state index contributed by atoms with van der Waals surface area (Å²) in [5.41, 5.74) is 6.46. The maximum atomic E-state index is 12.6. The van der Waals surface area contributed by atoms with Crippen LogP contribution in [0.25, 0.3) is 6.08 Å². The molecule has 0 radical (unpaired) electrons. The Morgan fingerprint density at radius 3 is 2.52 bits per heavy atom. The van der Waals surface area contributed by atoms with Gasteiger partial charge in [0.25, 0.3) is 0 Å².